The van der Waals surface area contributed by atoms with Crippen LogP contribution in [0.5, 0.6) is 0 Å². The van der Waals surface area contributed by atoms with E-state index >= 15 is 0 Å². The third-order valence-electron chi connectivity index (χ3n) is 3.35. The number of esters is 1. The van der Waals surface area contributed by atoms with Gasteiger partial charge in [0, 0.05) is 6.04 Å². The second-order valence-electron chi connectivity index (χ2n) is 6.59. The minimum atomic E-state index is -0.450. The first-order chi connectivity index (χ1) is 8.08. The first kappa shape index (κ1) is 15.0. The van der Waals surface area contributed by atoms with Gasteiger partial charge in [0.2, 0.25) is 0 Å². The Hall–Kier alpha value is -1.01. The first-order valence-corrected chi connectivity index (χ1v) is 6.57. The molecule has 3 heteroatoms. The molecule has 18 heavy (non-hydrogen) atoms. The van der Waals surface area contributed by atoms with Crippen LogP contribution in [-0.4, -0.2) is 34.1 Å². The summed E-state index contributed by atoms with van der Waals surface area (Å²) in [6.07, 6.45) is 7.40. The standard InChI is InChI=1S/C15H25NO2/c1-8-15(6,7)16-11(2)9-10-12(16)13(17)18-14(3,4)5/h1,11-12H,9-10H2,2-7H3/t11-,12-/m0/s1. The molecule has 102 valence electrons. The van der Waals surface area contributed by atoms with Crippen LogP contribution in [0.25, 0.3) is 0 Å². The molecule has 1 saturated heterocycles. The molecule has 0 unspecified atom stereocenters. The van der Waals surface area contributed by atoms with Crippen molar-refractivity contribution >= 4 is 5.97 Å². The maximum atomic E-state index is 12.2. The average Bonchev–Trinajstić information content (AvgIpc) is 2.58. The monoisotopic (exact) mass is 251 g/mol. The number of terminal acetylenes is 1. The molecular weight excluding hydrogens is 226 g/mol. The Morgan fingerprint density at radius 3 is 2.28 bits per heavy atom. The van der Waals surface area contributed by atoms with Crippen LogP contribution in [0.4, 0.5) is 0 Å². The van der Waals surface area contributed by atoms with Gasteiger partial charge in [0.1, 0.15) is 11.6 Å². The van der Waals surface area contributed by atoms with Gasteiger partial charge in [0.05, 0.1) is 5.54 Å². The van der Waals surface area contributed by atoms with Crippen molar-refractivity contribution in [2.75, 3.05) is 0 Å². The third kappa shape index (κ3) is 3.26. The summed E-state index contributed by atoms with van der Waals surface area (Å²) in [5.41, 5.74) is -0.869. The summed E-state index contributed by atoms with van der Waals surface area (Å²) < 4.78 is 5.49. The number of hydrogen-bond donors (Lipinski definition) is 0. The molecule has 0 aliphatic carbocycles. The quantitative estimate of drug-likeness (QED) is 0.558. The summed E-state index contributed by atoms with van der Waals surface area (Å²) in [6.45, 7) is 11.7. The molecule has 0 spiro atoms. The van der Waals surface area contributed by atoms with Crippen molar-refractivity contribution in [1.82, 2.24) is 4.90 Å². The fourth-order valence-corrected chi connectivity index (χ4v) is 2.60. The zero-order valence-corrected chi connectivity index (χ0v) is 12.4. The highest BCUT2D eigenvalue weighted by Crippen LogP contribution is 2.32. The normalized spacial score (nSPS) is 25.8. The van der Waals surface area contributed by atoms with Crippen molar-refractivity contribution in [3.8, 4) is 12.3 Å². The number of rotatable bonds is 2. The fourth-order valence-electron chi connectivity index (χ4n) is 2.60. The van der Waals surface area contributed by atoms with Gasteiger partial charge in [-0.3, -0.25) is 9.69 Å². The molecule has 0 saturated carbocycles. The molecule has 1 rings (SSSR count). The van der Waals surface area contributed by atoms with Crippen molar-refractivity contribution in [1.29, 1.82) is 0 Å². The number of carbonyl (C=O) groups is 1. The number of hydrogen-bond acceptors (Lipinski definition) is 3. The predicted octanol–water partition coefficient (Wildman–Crippen LogP) is 2.59. The summed E-state index contributed by atoms with van der Waals surface area (Å²) >= 11 is 0. The molecule has 0 radical (unpaired) electrons. The van der Waals surface area contributed by atoms with E-state index in [0.717, 1.165) is 12.8 Å². The van der Waals surface area contributed by atoms with Crippen molar-refractivity contribution in [3.05, 3.63) is 0 Å². The highest BCUT2D eigenvalue weighted by molar-refractivity contribution is 5.77. The Labute approximate surface area is 111 Å². The van der Waals surface area contributed by atoms with E-state index in [-0.39, 0.29) is 12.0 Å². The van der Waals surface area contributed by atoms with Crippen molar-refractivity contribution < 1.29 is 9.53 Å². The van der Waals surface area contributed by atoms with Gasteiger partial charge in [-0.05, 0) is 54.4 Å². The number of carbonyl (C=O) groups excluding carboxylic acids is 1. The maximum Gasteiger partial charge on any atom is 0.323 e. The predicted molar refractivity (Wildman–Crippen MR) is 73.1 cm³/mol. The Kier molecular flexibility index (Phi) is 4.12. The van der Waals surface area contributed by atoms with E-state index in [2.05, 4.69) is 17.7 Å². The third-order valence-corrected chi connectivity index (χ3v) is 3.35. The Balaban J connectivity index is 2.89. The minimum Gasteiger partial charge on any atom is -0.459 e. The fraction of sp³-hybridized carbons (Fsp3) is 0.800. The SMILES string of the molecule is C#CC(C)(C)N1[C@@H](C)CC[C@H]1C(=O)OC(C)(C)C. The highest BCUT2D eigenvalue weighted by Gasteiger charge is 2.44. The lowest BCUT2D eigenvalue weighted by atomic mass is 10.0. The van der Waals surface area contributed by atoms with Crippen molar-refractivity contribution in [2.45, 2.75) is 77.6 Å². The summed E-state index contributed by atoms with van der Waals surface area (Å²) in [7, 11) is 0. The zero-order valence-electron chi connectivity index (χ0n) is 12.4. The largest absolute Gasteiger partial charge is 0.459 e. The summed E-state index contributed by atoms with van der Waals surface area (Å²) in [5.74, 6) is 2.62. The van der Waals surface area contributed by atoms with Crippen LogP contribution in [0.3, 0.4) is 0 Å². The molecule has 1 heterocycles. The van der Waals surface area contributed by atoms with Crippen molar-refractivity contribution in [3.63, 3.8) is 0 Å². The topological polar surface area (TPSA) is 29.5 Å². The van der Waals surface area contributed by atoms with Gasteiger partial charge in [-0.25, -0.2) is 0 Å². The average molecular weight is 251 g/mol. The molecule has 0 bridgehead atoms. The number of nitrogens with zero attached hydrogens (tertiary/aromatic N) is 1. The molecule has 3 nitrogen and oxygen atoms in total. The molecule has 1 fully saturated rings. The molecule has 0 aromatic heterocycles. The van der Waals surface area contributed by atoms with Crippen LogP contribution in [0.2, 0.25) is 0 Å². The lowest BCUT2D eigenvalue weighted by Crippen LogP contribution is -2.53. The molecule has 1 aliphatic rings. The Bertz CT molecular complexity index is 360. The first-order valence-electron chi connectivity index (χ1n) is 6.57. The zero-order chi connectivity index (χ0) is 14.1. The molecule has 2 atom stereocenters. The van der Waals surface area contributed by atoms with Gasteiger partial charge in [-0.2, -0.15) is 0 Å². The smallest absolute Gasteiger partial charge is 0.323 e. The minimum absolute atomic E-state index is 0.157. The van der Waals surface area contributed by atoms with Gasteiger partial charge >= 0.3 is 5.97 Å². The van der Waals surface area contributed by atoms with Gasteiger partial charge < -0.3 is 4.74 Å². The molecular formula is C15H25NO2. The molecule has 0 aromatic carbocycles. The highest BCUT2D eigenvalue weighted by atomic mass is 16.6. The summed E-state index contributed by atoms with van der Waals surface area (Å²) in [6, 6.07) is 0.0962. The van der Waals surface area contributed by atoms with E-state index in [1.165, 1.54) is 0 Å². The second kappa shape index (κ2) is 4.93. The van der Waals surface area contributed by atoms with Crippen LogP contribution in [0, 0.1) is 12.3 Å². The summed E-state index contributed by atoms with van der Waals surface area (Å²) in [4.78, 5) is 14.4. The van der Waals surface area contributed by atoms with E-state index < -0.39 is 11.1 Å². The Morgan fingerprint density at radius 2 is 1.83 bits per heavy atom. The van der Waals surface area contributed by atoms with Gasteiger partial charge in [-0.1, -0.05) is 5.92 Å². The molecule has 0 aromatic rings. The van der Waals surface area contributed by atoms with Crippen LogP contribution >= 0.6 is 0 Å². The van der Waals surface area contributed by atoms with Gasteiger partial charge in [-0.15, -0.1) is 6.42 Å². The van der Waals surface area contributed by atoms with Crippen LogP contribution in [0.1, 0.15) is 54.4 Å². The molecule has 1 aliphatic heterocycles. The van der Waals surface area contributed by atoms with Gasteiger partial charge in [0.15, 0.2) is 0 Å². The van der Waals surface area contributed by atoms with E-state index in [1.54, 1.807) is 0 Å². The number of ether oxygens (including phenoxy) is 1. The van der Waals surface area contributed by atoms with Crippen molar-refractivity contribution in [2.24, 2.45) is 0 Å². The maximum absolute atomic E-state index is 12.2. The van der Waals surface area contributed by atoms with E-state index in [4.69, 9.17) is 11.2 Å². The summed E-state index contributed by atoms with van der Waals surface area (Å²) in [5, 5.41) is 0. The second-order valence-corrected chi connectivity index (χ2v) is 6.59. The lowest BCUT2D eigenvalue weighted by molar-refractivity contribution is -0.162. The molecule has 0 amide bonds. The van der Waals surface area contributed by atoms with Crippen LogP contribution in [0.15, 0.2) is 0 Å². The van der Waals surface area contributed by atoms with Gasteiger partial charge in [0.25, 0.3) is 0 Å². The van der Waals surface area contributed by atoms with E-state index in [1.807, 2.05) is 34.6 Å². The lowest BCUT2D eigenvalue weighted by Gasteiger charge is -2.38. The molecule has 0 N–H and O–H groups in total. The Morgan fingerprint density at radius 1 is 1.28 bits per heavy atom. The van der Waals surface area contributed by atoms with E-state index in [9.17, 15) is 4.79 Å². The van der Waals surface area contributed by atoms with Crippen LogP contribution in [-0.2, 0) is 9.53 Å². The van der Waals surface area contributed by atoms with E-state index in [0.29, 0.717) is 6.04 Å². The number of likely N-dealkylation sites (tertiary alicyclic amines) is 1. The van der Waals surface area contributed by atoms with Crippen LogP contribution < -0.4 is 0 Å².